The molecule has 0 atom stereocenters. The van der Waals surface area contributed by atoms with E-state index in [1.54, 1.807) is 0 Å². The van der Waals surface area contributed by atoms with E-state index in [4.69, 9.17) is 21.6 Å². The van der Waals surface area contributed by atoms with Crippen LogP contribution in [-0.2, 0) is 25.9 Å². The molecule has 3 nitrogen and oxygen atoms in total. The molecule has 2 aromatic rings. The Balaban J connectivity index is 1.92. The molecule has 1 aromatic carbocycles. The maximum Gasteiger partial charge on any atom is 0.133 e. The number of nitrogens with one attached hydrogen (secondary N) is 1. The molecule has 20 heavy (non-hydrogen) atoms. The van der Waals surface area contributed by atoms with Gasteiger partial charge in [-0.15, -0.1) is 0 Å². The average molecular weight is 288 g/mol. The van der Waals surface area contributed by atoms with Gasteiger partial charge in [0.2, 0.25) is 0 Å². The number of hydrogen-bond acceptors (Lipinski definition) is 3. The van der Waals surface area contributed by atoms with Gasteiger partial charge in [0, 0.05) is 35.8 Å². The monoisotopic (exact) mass is 287 g/mol. The second-order valence-corrected chi connectivity index (χ2v) is 5.61. The van der Waals surface area contributed by atoms with Gasteiger partial charge in [-0.3, -0.25) is 0 Å². The molecule has 0 aliphatic carbocycles. The first-order valence-corrected chi connectivity index (χ1v) is 7.46. The van der Waals surface area contributed by atoms with Crippen molar-refractivity contribution in [2.75, 3.05) is 0 Å². The molecule has 2 heterocycles. The first-order valence-electron chi connectivity index (χ1n) is 7.09. The Bertz CT molecular complexity index is 625. The fraction of sp³-hybridized carbons (Fsp3) is 0.375. The number of aromatic nitrogens is 2. The van der Waals surface area contributed by atoms with E-state index in [0.717, 1.165) is 48.8 Å². The van der Waals surface area contributed by atoms with Crippen molar-refractivity contribution in [3.8, 4) is 0 Å². The molecule has 0 spiro atoms. The zero-order chi connectivity index (χ0) is 13.9. The van der Waals surface area contributed by atoms with Gasteiger partial charge in [-0.05, 0) is 24.1 Å². The molecular weight excluding hydrogens is 270 g/mol. The molecule has 0 unspecified atom stereocenters. The molecule has 0 fully saturated rings. The maximum absolute atomic E-state index is 6.04. The van der Waals surface area contributed by atoms with Crippen LogP contribution in [0.4, 0.5) is 0 Å². The normalized spacial score (nSPS) is 13.5. The van der Waals surface area contributed by atoms with E-state index in [9.17, 15) is 0 Å². The van der Waals surface area contributed by atoms with E-state index in [1.807, 2.05) is 18.2 Å². The standard InChI is InChI=1S/C16H18ClN3/c1-2-4-14-13-9-18-10-15(13)20-16(19-14)8-11-5-3-6-12(17)7-11/h3,5-7,18H,2,4,8-10H2,1H3. The Morgan fingerprint density at radius 3 is 2.95 bits per heavy atom. The number of hydrogen-bond donors (Lipinski definition) is 1. The van der Waals surface area contributed by atoms with Gasteiger partial charge in [-0.25, -0.2) is 9.97 Å². The number of benzene rings is 1. The van der Waals surface area contributed by atoms with E-state index in [1.165, 1.54) is 17.0 Å². The molecule has 0 saturated heterocycles. The lowest BCUT2D eigenvalue weighted by molar-refractivity contribution is 0.753. The van der Waals surface area contributed by atoms with Crippen LogP contribution in [0.15, 0.2) is 24.3 Å². The molecule has 1 aliphatic heterocycles. The highest BCUT2D eigenvalue weighted by molar-refractivity contribution is 6.30. The smallest absolute Gasteiger partial charge is 0.133 e. The van der Waals surface area contributed by atoms with E-state index in [-0.39, 0.29) is 0 Å². The van der Waals surface area contributed by atoms with Crippen LogP contribution in [0.25, 0.3) is 0 Å². The molecule has 1 aromatic heterocycles. The zero-order valence-electron chi connectivity index (χ0n) is 11.6. The lowest BCUT2D eigenvalue weighted by atomic mass is 10.1. The third kappa shape index (κ3) is 2.84. The molecule has 1 N–H and O–H groups in total. The van der Waals surface area contributed by atoms with E-state index in [2.05, 4.69) is 18.3 Å². The molecule has 104 valence electrons. The molecule has 0 radical (unpaired) electrons. The lowest BCUT2D eigenvalue weighted by Gasteiger charge is -2.09. The second-order valence-electron chi connectivity index (χ2n) is 5.17. The lowest BCUT2D eigenvalue weighted by Crippen LogP contribution is -2.06. The van der Waals surface area contributed by atoms with Crippen LogP contribution in [0.5, 0.6) is 0 Å². The minimum atomic E-state index is 0.741. The molecule has 0 amide bonds. The summed E-state index contributed by atoms with van der Waals surface area (Å²) in [5, 5.41) is 4.13. The van der Waals surface area contributed by atoms with E-state index < -0.39 is 0 Å². The molecule has 0 bridgehead atoms. The van der Waals surface area contributed by atoms with E-state index in [0.29, 0.717) is 0 Å². The van der Waals surface area contributed by atoms with Crippen molar-refractivity contribution < 1.29 is 0 Å². The molecular formula is C16H18ClN3. The number of nitrogens with zero attached hydrogens (tertiary/aromatic N) is 2. The number of halogens is 1. The fourth-order valence-corrected chi connectivity index (χ4v) is 2.86. The van der Waals surface area contributed by atoms with Crippen LogP contribution in [0, 0.1) is 0 Å². The van der Waals surface area contributed by atoms with Crippen LogP contribution in [0.1, 0.15) is 41.7 Å². The Morgan fingerprint density at radius 2 is 2.15 bits per heavy atom. The van der Waals surface area contributed by atoms with Gasteiger partial charge in [0.15, 0.2) is 0 Å². The summed E-state index contributed by atoms with van der Waals surface area (Å²) in [7, 11) is 0. The van der Waals surface area contributed by atoms with E-state index >= 15 is 0 Å². The summed E-state index contributed by atoms with van der Waals surface area (Å²) >= 11 is 6.04. The molecule has 0 saturated carbocycles. The van der Waals surface area contributed by atoms with Crippen LogP contribution in [0.3, 0.4) is 0 Å². The molecule has 4 heteroatoms. The van der Waals surface area contributed by atoms with Crippen molar-refractivity contribution >= 4 is 11.6 Å². The summed E-state index contributed by atoms with van der Waals surface area (Å²) in [6.45, 7) is 3.95. The van der Waals surface area contributed by atoms with Crippen molar-refractivity contribution in [3.05, 3.63) is 57.6 Å². The Kier molecular flexibility index (Phi) is 3.99. The van der Waals surface area contributed by atoms with Gasteiger partial charge < -0.3 is 5.32 Å². The Hall–Kier alpha value is -1.45. The van der Waals surface area contributed by atoms with Crippen LogP contribution >= 0.6 is 11.6 Å². The maximum atomic E-state index is 6.04. The zero-order valence-corrected chi connectivity index (χ0v) is 12.4. The quantitative estimate of drug-likeness (QED) is 0.938. The van der Waals surface area contributed by atoms with Gasteiger partial charge in [-0.1, -0.05) is 37.1 Å². The highest BCUT2D eigenvalue weighted by Gasteiger charge is 2.18. The topological polar surface area (TPSA) is 37.8 Å². The Morgan fingerprint density at radius 1 is 1.25 bits per heavy atom. The van der Waals surface area contributed by atoms with Crippen LogP contribution < -0.4 is 5.32 Å². The fourth-order valence-electron chi connectivity index (χ4n) is 2.65. The second kappa shape index (κ2) is 5.90. The van der Waals surface area contributed by atoms with Crippen LogP contribution in [-0.4, -0.2) is 9.97 Å². The average Bonchev–Trinajstić information content (AvgIpc) is 2.87. The van der Waals surface area contributed by atoms with Gasteiger partial charge in [0.05, 0.1) is 5.69 Å². The predicted octanol–water partition coefficient (Wildman–Crippen LogP) is 3.28. The van der Waals surface area contributed by atoms with Gasteiger partial charge in [0.25, 0.3) is 0 Å². The van der Waals surface area contributed by atoms with Gasteiger partial charge in [-0.2, -0.15) is 0 Å². The van der Waals surface area contributed by atoms with Crippen molar-refractivity contribution in [3.63, 3.8) is 0 Å². The van der Waals surface area contributed by atoms with Gasteiger partial charge >= 0.3 is 0 Å². The minimum absolute atomic E-state index is 0.741. The Labute approximate surface area is 124 Å². The third-order valence-corrected chi connectivity index (χ3v) is 3.79. The van der Waals surface area contributed by atoms with Crippen molar-refractivity contribution in [1.29, 1.82) is 0 Å². The highest BCUT2D eigenvalue weighted by Crippen LogP contribution is 2.20. The number of rotatable bonds is 4. The highest BCUT2D eigenvalue weighted by atomic mass is 35.5. The van der Waals surface area contributed by atoms with Gasteiger partial charge in [0.1, 0.15) is 5.82 Å². The van der Waals surface area contributed by atoms with Crippen molar-refractivity contribution in [2.45, 2.75) is 39.3 Å². The SMILES string of the molecule is CCCc1nc(Cc2cccc(Cl)c2)nc2c1CNC2. The summed E-state index contributed by atoms with van der Waals surface area (Å²) in [6.07, 6.45) is 2.87. The van der Waals surface area contributed by atoms with Crippen molar-refractivity contribution in [2.24, 2.45) is 0 Å². The first-order chi connectivity index (χ1) is 9.76. The minimum Gasteiger partial charge on any atom is -0.307 e. The summed E-state index contributed by atoms with van der Waals surface area (Å²) in [5.41, 5.74) is 4.84. The number of fused-ring (bicyclic) bond motifs is 1. The van der Waals surface area contributed by atoms with Crippen molar-refractivity contribution in [1.82, 2.24) is 15.3 Å². The summed E-state index contributed by atoms with van der Waals surface area (Å²) in [4.78, 5) is 9.47. The predicted molar refractivity (Wildman–Crippen MR) is 80.8 cm³/mol. The summed E-state index contributed by atoms with van der Waals surface area (Å²) in [5.74, 6) is 0.901. The molecule has 3 rings (SSSR count). The third-order valence-electron chi connectivity index (χ3n) is 3.56. The summed E-state index contributed by atoms with van der Waals surface area (Å²) in [6, 6.07) is 7.91. The first kappa shape index (κ1) is 13.5. The van der Waals surface area contributed by atoms with Crippen LogP contribution in [0.2, 0.25) is 5.02 Å². The summed E-state index contributed by atoms with van der Waals surface area (Å²) < 4.78 is 0. The molecule has 1 aliphatic rings. The number of aryl methyl sites for hydroxylation is 1. The largest absolute Gasteiger partial charge is 0.307 e.